The first kappa shape index (κ1) is 14.6. The molecule has 2 nitrogen and oxygen atoms in total. The van der Waals surface area contributed by atoms with E-state index in [2.05, 4.69) is 56.2 Å². The van der Waals surface area contributed by atoms with Crippen molar-refractivity contribution in [2.45, 2.75) is 33.6 Å². The van der Waals surface area contributed by atoms with Crippen LogP contribution in [0.4, 0.5) is 0 Å². The highest BCUT2D eigenvalue weighted by atomic mass is 15.4. The minimum Gasteiger partial charge on any atom is -0.303 e. The highest BCUT2D eigenvalue weighted by molar-refractivity contribution is 6.04. The van der Waals surface area contributed by atoms with Gasteiger partial charge >= 0.3 is 0 Å². The fourth-order valence-electron chi connectivity index (χ4n) is 2.87. The van der Waals surface area contributed by atoms with Crippen LogP contribution in [0.1, 0.15) is 37.5 Å². The fraction of sp³-hybridized carbons (Fsp3) is 0.389. The summed E-state index contributed by atoms with van der Waals surface area (Å²) < 4.78 is 0. The van der Waals surface area contributed by atoms with E-state index in [1.807, 2.05) is 19.1 Å². The first-order valence-corrected chi connectivity index (χ1v) is 7.34. The third-order valence-electron chi connectivity index (χ3n) is 3.74. The second kappa shape index (κ2) is 6.08. The fourth-order valence-corrected chi connectivity index (χ4v) is 2.87. The van der Waals surface area contributed by atoms with Crippen LogP contribution < -0.4 is 0 Å². The van der Waals surface area contributed by atoms with E-state index in [0.717, 1.165) is 18.6 Å². The van der Waals surface area contributed by atoms with Gasteiger partial charge in [0.1, 0.15) is 0 Å². The van der Waals surface area contributed by atoms with Crippen LogP contribution in [0.25, 0.3) is 10.8 Å². The third-order valence-corrected chi connectivity index (χ3v) is 3.74. The molecule has 0 unspecified atom stereocenters. The molecule has 0 fully saturated rings. The maximum absolute atomic E-state index is 4.56. The van der Waals surface area contributed by atoms with Gasteiger partial charge in [-0.15, -0.1) is 0 Å². The van der Waals surface area contributed by atoms with Crippen LogP contribution in [0.3, 0.4) is 0 Å². The zero-order chi connectivity index (χ0) is 14.7. The molecule has 0 atom stereocenters. The molecular weight excluding hydrogens is 244 g/mol. The molecule has 2 heteroatoms. The zero-order valence-corrected chi connectivity index (χ0v) is 13.2. The lowest BCUT2D eigenvalue weighted by Gasteiger charge is -2.15. The summed E-state index contributed by atoms with van der Waals surface area (Å²) in [5.41, 5.74) is 5.17. The summed E-state index contributed by atoms with van der Waals surface area (Å²) >= 11 is 0. The number of hydrogen-bond acceptors (Lipinski definition) is 2. The van der Waals surface area contributed by atoms with Crippen molar-refractivity contribution in [1.82, 2.24) is 5.01 Å². The molecule has 0 heterocycles. The smallest absolute Gasteiger partial charge is 0.0649 e. The van der Waals surface area contributed by atoms with Crippen molar-refractivity contribution in [3.63, 3.8) is 0 Å². The molecule has 0 bridgehead atoms. The molecule has 0 amide bonds. The van der Waals surface area contributed by atoms with E-state index >= 15 is 0 Å². The molecule has 0 saturated heterocycles. The van der Waals surface area contributed by atoms with Gasteiger partial charge in [-0.1, -0.05) is 44.2 Å². The van der Waals surface area contributed by atoms with Gasteiger partial charge in [0.2, 0.25) is 0 Å². The van der Waals surface area contributed by atoms with Gasteiger partial charge in [0.15, 0.2) is 0 Å². The average molecular weight is 268 g/mol. The van der Waals surface area contributed by atoms with Crippen molar-refractivity contribution in [2.75, 3.05) is 14.1 Å². The second-order valence-corrected chi connectivity index (χ2v) is 5.34. The van der Waals surface area contributed by atoms with Crippen LogP contribution in [0.2, 0.25) is 0 Å². The molecule has 0 N–H and O–H groups in total. The standard InChI is InChI=1S/C18H24N2/c1-6-14-9-8-10-18-15(7-2)16(11-12-17(14)18)13(3)19-20(4)5/h8-12H,6-7H2,1-5H3/b19-13+. The minimum atomic E-state index is 1.03. The molecule has 20 heavy (non-hydrogen) atoms. The van der Waals surface area contributed by atoms with Crippen molar-refractivity contribution < 1.29 is 0 Å². The Bertz CT molecular complexity index is 639. The molecule has 2 rings (SSSR count). The molecular formula is C18H24N2. The Morgan fingerprint density at radius 1 is 1.00 bits per heavy atom. The topological polar surface area (TPSA) is 15.6 Å². The molecule has 2 aromatic rings. The van der Waals surface area contributed by atoms with Crippen molar-refractivity contribution in [3.05, 3.63) is 47.0 Å². The lowest BCUT2D eigenvalue weighted by Crippen LogP contribution is -2.09. The van der Waals surface area contributed by atoms with Gasteiger partial charge in [-0.3, -0.25) is 0 Å². The van der Waals surface area contributed by atoms with Gasteiger partial charge in [0.05, 0.1) is 5.71 Å². The molecule has 0 aliphatic carbocycles. The lowest BCUT2D eigenvalue weighted by molar-refractivity contribution is 0.438. The Morgan fingerprint density at radius 3 is 2.35 bits per heavy atom. The third kappa shape index (κ3) is 2.69. The van der Waals surface area contributed by atoms with Crippen LogP contribution in [-0.2, 0) is 12.8 Å². The normalized spacial score (nSPS) is 11.9. The molecule has 106 valence electrons. The van der Waals surface area contributed by atoms with E-state index in [-0.39, 0.29) is 0 Å². The first-order chi connectivity index (χ1) is 9.58. The highest BCUT2D eigenvalue weighted by Gasteiger charge is 2.10. The summed E-state index contributed by atoms with van der Waals surface area (Å²) in [7, 11) is 3.93. The molecule has 0 spiro atoms. The number of rotatable bonds is 4. The van der Waals surface area contributed by atoms with Crippen LogP contribution in [0.5, 0.6) is 0 Å². The predicted octanol–water partition coefficient (Wildman–Crippen LogP) is 4.25. The molecule has 0 aromatic heterocycles. The van der Waals surface area contributed by atoms with Crippen LogP contribution >= 0.6 is 0 Å². The summed E-state index contributed by atoms with van der Waals surface area (Å²) in [6.45, 7) is 6.52. The molecule has 0 aliphatic heterocycles. The lowest BCUT2D eigenvalue weighted by atomic mass is 9.92. The quantitative estimate of drug-likeness (QED) is 0.598. The maximum Gasteiger partial charge on any atom is 0.0649 e. The number of hydrazone groups is 1. The summed E-state index contributed by atoms with van der Waals surface area (Å²) in [5, 5.41) is 9.17. The van der Waals surface area contributed by atoms with Gasteiger partial charge in [0, 0.05) is 19.7 Å². The van der Waals surface area contributed by atoms with Crippen molar-refractivity contribution >= 4 is 16.5 Å². The number of nitrogens with zero attached hydrogens (tertiary/aromatic N) is 2. The van der Waals surface area contributed by atoms with Gasteiger partial charge < -0.3 is 5.01 Å². The first-order valence-electron chi connectivity index (χ1n) is 7.34. The SMILES string of the molecule is CCc1cccc2c(CC)c(/C(C)=N/N(C)C)ccc12. The van der Waals surface area contributed by atoms with Crippen LogP contribution in [0, 0.1) is 0 Å². The summed E-state index contributed by atoms with van der Waals surface area (Å²) in [5.74, 6) is 0. The van der Waals surface area contributed by atoms with Crippen LogP contribution in [-0.4, -0.2) is 24.8 Å². The Kier molecular flexibility index (Phi) is 4.43. The minimum absolute atomic E-state index is 1.03. The van der Waals surface area contributed by atoms with Gasteiger partial charge in [-0.25, -0.2) is 0 Å². The van der Waals surface area contributed by atoms with E-state index in [0.29, 0.717) is 0 Å². The summed E-state index contributed by atoms with van der Waals surface area (Å²) in [6.07, 6.45) is 2.10. The maximum atomic E-state index is 4.56. The molecule has 2 aromatic carbocycles. The van der Waals surface area contributed by atoms with Gasteiger partial charge in [-0.2, -0.15) is 5.10 Å². The monoisotopic (exact) mass is 268 g/mol. The second-order valence-electron chi connectivity index (χ2n) is 5.34. The average Bonchev–Trinajstić information content (AvgIpc) is 2.44. The summed E-state index contributed by atoms with van der Waals surface area (Å²) in [4.78, 5) is 0. The van der Waals surface area contributed by atoms with E-state index in [9.17, 15) is 0 Å². The zero-order valence-electron chi connectivity index (χ0n) is 13.2. The Balaban J connectivity index is 2.70. The predicted molar refractivity (Wildman–Crippen MR) is 88.6 cm³/mol. The Hall–Kier alpha value is -1.83. The Labute approximate surface area is 122 Å². The highest BCUT2D eigenvalue weighted by Crippen LogP contribution is 2.27. The number of fused-ring (bicyclic) bond motifs is 1. The molecule has 0 saturated carbocycles. The Morgan fingerprint density at radius 2 is 1.75 bits per heavy atom. The number of benzene rings is 2. The van der Waals surface area contributed by atoms with Crippen LogP contribution in [0.15, 0.2) is 35.4 Å². The van der Waals surface area contributed by atoms with E-state index in [1.54, 1.807) is 0 Å². The molecule has 0 radical (unpaired) electrons. The van der Waals surface area contributed by atoms with E-state index < -0.39 is 0 Å². The number of hydrogen-bond donors (Lipinski definition) is 0. The van der Waals surface area contributed by atoms with E-state index in [4.69, 9.17) is 0 Å². The number of aryl methyl sites for hydroxylation is 2. The van der Waals surface area contributed by atoms with Gasteiger partial charge in [-0.05, 0) is 41.7 Å². The molecule has 0 aliphatic rings. The van der Waals surface area contributed by atoms with Gasteiger partial charge in [0.25, 0.3) is 0 Å². The summed E-state index contributed by atoms with van der Waals surface area (Å²) in [6, 6.07) is 11.1. The van der Waals surface area contributed by atoms with Crippen molar-refractivity contribution in [3.8, 4) is 0 Å². The van der Waals surface area contributed by atoms with E-state index in [1.165, 1.54) is 27.5 Å². The van der Waals surface area contributed by atoms with Crippen molar-refractivity contribution in [1.29, 1.82) is 0 Å². The van der Waals surface area contributed by atoms with Crippen molar-refractivity contribution in [2.24, 2.45) is 5.10 Å². The largest absolute Gasteiger partial charge is 0.303 e.